The smallest absolute Gasteiger partial charge is 0.223 e. The van der Waals surface area contributed by atoms with E-state index in [0.29, 0.717) is 6.54 Å². The van der Waals surface area contributed by atoms with Gasteiger partial charge in [-0.3, -0.25) is 14.6 Å². The van der Waals surface area contributed by atoms with Gasteiger partial charge in [0.25, 0.3) is 0 Å². The second-order valence-electron chi connectivity index (χ2n) is 9.94. The Labute approximate surface area is 207 Å². The van der Waals surface area contributed by atoms with Crippen LogP contribution in [-0.2, 0) is 37.4 Å². The lowest BCUT2D eigenvalue weighted by molar-refractivity contribution is -0.126. The number of nitrogens with zero attached hydrogens (tertiary/aromatic N) is 2. The van der Waals surface area contributed by atoms with Crippen LogP contribution < -0.4 is 5.32 Å². The number of carbonyl (C=O) groups excluding carboxylic acids is 1. The van der Waals surface area contributed by atoms with Crippen LogP contribution in [0.4, 0.5) is 4.39 Å². The van der Waals surface area contributed by atoms with E-state index >= 15 is 0 Å². The van der Waals surface area contributed by atoms with Crippen molar-refractivity contribution in [2.24, 2.45) is 5.92 Å². The molecule has 0 unspecified atom stereocenters. The zero-order valence-corrected chi connectivity index (χ0v) is 20.3. The Bertz CT molecular complexity index is 1140. The summed E-state index contributed by atoms with van der Waals surface area (Å²) in [5.41, 5.74) is 6.47. The van der Waals surface area contributed by atoms with E-state index in [-0.39, 0.29) is 17.6 Å². The molecule has 1 fully saturated rings. The number of piperidine rings is 1. The van der Waals surface area contributed by atoms with Gasteiger partial charge in [0.15, 0.2) is 0 Å². The molecule has 182 valence electrons. The standard InChI is InChI=1S/C30H34FN3O/c31-29-10-8-23(9-11-29)20-33-15-13-27(14-16-33)30(35)32-19-24-4-3-5-25(18-24)21-34-17-12-26-6-1-2-7-28(26)22-34/h1-11,18,27H,12-17,19-22H2,(H,32,35). The van der Waals surface area contributed by atoms with Crippen LogP contribution >= 0.6 is 0 Å². The number of hydrogen-bond acceptors (Lipinski definition) is 3. The number of halogens is 1. The number of hydrogen-bond donors (Lipinski definition) is 1. The molecule has 5 heteroatoms. The number of nitrogens with one attached hydrogen (secondary N) is 1. The van der Waals surface area contributed by atoms with Crippen molar-refractivity contribution in [1.29, 1.82) is 0 Å². The molecule has 0 bridgehead atoms. The second kappa shape index (κ2) is 11.1. The van der Waals surface area contributed by atoms with Gasteiger partial charge in [-0.25, -0.2) is 4.39 Å². The van der Waals surface area contributed by atoms with Gasteiger partial charge in [0.2, 0.25) is 5.91 Å². The summed E-state index contributed by atoms with van der Waals surface area (Å²) in [7, 11) is 0. The molecular formula is C30H34FN3O. The third-order valence-corrected chi connectivity index (χ3v) is 7.35. The molecule has 2 aliphatic heterocycles. The van der Waals surface area contributed by atoms with Gasteiger partial charge in [0.1, 0.15) is 5.82 Å². The second-order valence-corrected chi connectivity index (χ2v) is 9.94. The summed E-state index contributed by atoms with van der Waals surface area (Å²) in [5, 5.41) is 3.17. The lowest BCUT2D eigenvalue weighted by Gasteiger charge is -2.31. The summed E-state index contributed by atoms with van der Waals surface area (Å²) in [6, 6.07) is 24.0. The molecular weight excluding hydrogens is 437 g/mol. The maximum absolute atomic E-state index is 13.1. The fourth-order valence-corrected chi connectivity index (χ4v) is 5.32. The third kappa shape index (κ3) is 6.36. The maximum Gasteiger partial charge on any atom is 0.223 e. The SMILES string of the molecule is O=C(NCc1cccc(CN2CCc3ccccc3C2)c1)C1CCN(Cc2ccc(F)cc2)CC1. The van der Waals surface area contributed by atoms with Crippen LogP contribution in [0.15, 0.2) is 72.8 Å². The van der Waals surface area contributed by atoms with Gasteiger partial charge < -0.3 is 5.32 Å². The maximum atomic E-state index is 13.1. The van der Waals surface area contributed by atoms with E-state index in [1.165, 1.54) is 28.8 Å². The van der Waals surface area contributed by atoms with E-state index in [1.54, 1.807) is 0 Å². The molecule has 35 heavy (non-hydrogen) atoms. The Morgan fingerprint density at radius 1 is 0.800 bits per heavy atom. The average molecular weight is 472 g/mol. The van der Waals surface area contributed by atoms with E-state index < -0.39 is 0 Å². The van der Waals surface area contributed by atoms with Crippen molar-refractivity contribution in [2.75, 3.05) is 19.6 Å². The van der Waals surface area contributed by atoms with E-state index in [4.69, 9.17) is 0 Å². The predicted molar refractivity (Wildman–Crippen MR) is 137 cm³/mol. The first-order valence-electron chi connectivity index (χ1n) is 12.7. The van der Waals surface area contributed by atoms with Gasteiger partial charge in [-0.2, -0.15) is 0 Å². The van der Waals surface area contributed by atoms with Gasteiger partial charge >= 0.3 is 0 Å². The predicted octanol–water partition coefficient (Wildman–Crippen LogP) is 4.91. The van der Waals surface area contributed by atoms with E-state index in [0.717, 1.165) is 69.7 Å². The molecule has 3 aromatic rings. The van der Waals surface area contributed by atoms with Gasteiger partial charge in [-0.15, -0.1) is 0 Å². The van der Waals surface area contributed by atoms with Crippen LogP contribution in [0.2, 0.25) is 0 Å². The molecule has 3 aromatic carbocycles. The van der Waals surface area contributed by atoms with E-state index in [1.807, 2.05) is 12.1 Å². The summed E-state index contributed by atoms with van der Waals surface area (Å²) in [5.74, 6) is 0.0208. The summed E-state index contributed by atoms with van der Waals surface area (Å²) in [6.45, 7) is 6.18. The first-order valence-corrected chi connectivity index (χ1v) is 12.7. The Kier molecular flexibility index (Phi) is 7.55. The molecule has 0 saturated carbocycles. The minimum atomic E-state index is -0.202. The van der Waals surface area contributed by atoms with Crippen molar-refractivity contribution in [3.63, 3.8) is 0 Å². The van der Waals surface area contributed by atoms with E-state index in [2.05, 4.69) is 63.6 Å². The topological polar surface area (TPSA) is 35.6 Å². The van der Waals surface area contributed by atoms with Crippen LogP contribution in [0.5, 0.6) is 0 Å². The first kappa shape index (κ1) is 23.7. The van der Waals surface area contributed by atoms with Crippen LogP contribution in [0, 0.1) is 11.7 Å². The van der Waals surface area contributed by atoms with Crippen molar-refractivity contribution in [3.05, 3.63) is 106 Å². The van der Waals surface area contributed by atoms with Crippen molar-refractivity contribution in [2.45, 2.75) is 45.4 Å². The molecule has 1 N–H and O–H groups in total. The number of fused-ring (bicyclic) bond motifs is 1. The number of likely N-dealkylation sites (tertiary alicyclic amines) is 1. The molecule has 4 nitrogen and oxygen atoms in total. The summed E-state index contributed by atoms with van der Waals surface area (Å²) >= 11 is 0. The van der Waals surface area contributed by atoms with Crippen LogP contribution in [0.1, 0.15) is 40.7 Å². The molecule has 1 amide bonds. The number of carbonyl (C=O) groups is 1. The molecule has 0 radical (unpaired) electrons. The molecule has 2 heterocycles. The number of benzene rings is 3. The number of amides is 1. The lowest BCUT2D eigenvalue weighted by Crippen LogP contribution is -2.40. The Morgan fingerprint density at radius 2 is 1.51 bits per heavy atom. The highest BCUT2D eigenvalue weighted by atomic mass is 19.1. The highest BCUT2D eigenvalue weighted by Crippen LogP contribution is 2.22. The van der Waals surface area contributed by atoms with Crippen LogP contribution in [-0.4, -0.2) is 35.3 Å². The van der Waals surface area contributed by atoms with Gasteiger partial charge in [-0.05, 0) is 72.3 Å². The third-order valence-electron chi connectivity index (χ3n) is 7.35. The van der Waals surface area contributed by atoms with E-state index in [9.17, 15) is 9.18 Å². The van der Waals surface area contributed by atoms with Gasteiger partial charge in [0, 0.05) is 38.6 Å². The van der Waals surface area contributed by atoms with Gasteiger partial charge in [0.05, 0.1) is 0 Å². The molecule has 0 aliphatic carbocycles. The zero-order chi connectivity index (χ0) is 24.0. The molecule has 5 rings (SSSR count). The molecule has 0 aromatic heterocycles. The zero-order valence-electron chi connectivity index (χ0n) is 20.3. The molecule has 0 atom stereocenters. The van der Waals surface area contributed by atoms with Crippen molar-refractivity contribution in [3.8, 4) is 0 Å². The molecule has 2 aliphatic rings. The first-order chi connectivity index (χ1) is 17.1. The highest BCUT2D eigenvalue weighted by Gasteiger charge is 2.25. The minimum Gasteiger partial charge on any atom is -0.352 e. The normalized spacial score (nSPS) is 17.2. The highest BCUT2D eigenvalue weighted by molar-refractivity contribution is 5.78. The monoisotopic (exact) mass is 471 g/mol. The number of rotatable bonds is 7. The Balaban J connectivity index is 1.07. The fourth-order valence-electron chi connectivity index (χ4n) is 5.32. The molecule has 0 spiro atoms. The Hall–Kier alpha value is -3.02. The van der Waals surface area contributed by atoms with Crippen molar-refractivity contribution < 1.29 is 9.18 Å². The van der Waals surface area contributed by atoms with Crippen molar-refractivity contribution >= 4 is 5.91 Å². The van der Waals surface area contributed by atoms with Crippen LogP contribution in [0.25, 0.3) is 0 Å². The van der Waals surface area contributed by atoms with Crippen LogP contribution in [0.3, 0.4) is 0 Å². The fraction of sp³-hybridized carbons (Fsp3) is 0.367. The lowest BCUT2D eigenvalue weighted by atomic mass is 9.95. The average Bonchev–Trinajstić information content (AvgIpc) is 2.89. The summed E-state index contributed by atoms with van der Waals surface area (Å²) in [6.07, 6.45) is 2.83. The summed E-state index contributed by atoms with van der Waals surface area (Å²) < 4.78 is 13.1. The van der Waals surface area contributed by atoms with Gasteiger partial charge in [-0.1, -0.05) is 60.7 Å². The minimum absolute atomic E-state index is 0.0658. The Morgan fingerprint density at radius 3 is 2.31 bits per heavy atom. The summed E-state index contributed by atoms with van der Waals surface area (Å²) in [4.78, 5) is 17.7. The largest absolute Gasteiger partial charge is 0.352 e. The van der Waals surface area contributed by atoms with Crippen molar-refractivity contribution in [1.82, 2.24) is 15.1 Å². The molecule has 1 saturated heterocycles. The quantitative estimate of drug-likeness (QED) is 0.532.